The largest absolute Gasteiger partial charge is 0.278 e. The summed E-state index contributed by atoms with van der Waals surface area (Å²) in [5, 5.41) is 8.45. The van der Waals surface area contributed by atoms with Crippen LogP contribution >= 0.6 is 11.3 Å². The highest BCUT2D eigenvalue weighted by atomic mass is 32.1. The number of nitrogens with zero attached hydrogens (tertiary/aromatic N) is 4. The second kappa shape index (κ2) is 10.8. The molecule has 4 heterocycles. The van der Waals surface area contributed by atoms with Gasteiger partial charge < -0.3 is 0 Å². The monoisotopic (exact) mass is 692 g/mol. The Labute approximate surface area is 307 Å². The van der Waals surface area contributed by atoms with Crippen molar-refractivity contribution < 1.29 is 0 Å². The van der Waals surface area contributed by atoms with Crippen molar-refractivity contribution >= 4 is 91.7 Å². The third kappa shape index (κ3) is 4.11. The summed E-state index contributed by atoms with van der Waals surface area (Å²) in [4.78, 5) is 10.6. The number of imidazole rings is 1. The van der Waals surface area contributed by atoms with Crippen LogP contribution in [0.15, 0.2) is 170 Å². The third-order valence-corrected chi connectivity index (χ3v) is 12.1. The summed E-state index contributed by atoms with van der Waals surface area (Å²) in [5.41, 5.74) is 10.9. The van der Waals surface area contributed by atoms with E-state index in [1.165, 1.54) is 64.0 Å². The zero-order valence-electron chi connectivity index (χ0n) is 28.4. The molecule has 0 saturated heterocycles. The normalized spacial score (nSPS) is 12.2. The summed E-state index contributed by atoms with van der Waals surface area (Å²) in [6, 6.07) is 61.3. The Balaban J connectivity index is 1.10. The molecule has 0 aliphatic rings. The molecule has 0 aliphatic carbocycles. The number of rotatable bonds is 3. The smallest absolute Gasteiger partial charge is 0.221 e. The summed E-state index contributed by atoms with van der Waals surface area (Å²) in [5.74, 6) is 0.830. The number of hydrogen-bond acceptors (Lipinski definition) is 3. The highest BCUT2D eigenvalue weighted by Gasteiger charge is 2.22. The van der Waals surface area contributed by atoms with Gasteiger partial charge in [0.2, 0.25) is 5.95 Å². The van der Waals surface area contributed by atoms with Gasteiger partial charge >= 0.3 is 0 Å². The molecule has 12 rings (SSSR count). The van der Waals surface area contributed by atoms with E-state index in [-0.39, 0.29) is 0 Å². The van der Waals surface area contributed by atoms with E-state index in [0.29, 0.717) is 0 Å². The SMILES string of the molecule is c1ccc2c(c1)nc(-n1c3ccccc3c3cc(-c4ccc(-c5ccc6sc7ccccc7c6c5)cc4)c4ccccc4c31)n1c3ccccc3nc21. The zero-order chi connectivity index (χ0) is 34.6. The van der Waals surface area contributed by atoms with Gasteiger partial charge in [0.25, 0.3) is 0 Å². The van der Waals surface area contributed by atoms with Crippen LogP contribution in [0.2, 0.25) is 0 Å². The first-order chi connectivity index (χ1) is 26.3. The van der Waals surface area contributed by atoms with Crippen molar-refractivity contribution in [2.24, 2.45) is 0 Å². The fourth-order valence-electron chi connectivity index (χ4n) is 8.49. The molecule has 4 nitrogen and oxygen atoms in total. The van der Waals surface area contributed by atoms with Crippen molar-refractivity contribution in [3.63, 3.8) is 0 Å². The maximum absolute atomic E-state index is 5.41. The highest BCUT2D eigenvalue weighted by molar-refractivity contribution is 7.25. The Morgan fingerprint density at radius 3 is 1.87 bits per heavy atom. The van der Waals surface area contributed by atoms with Crippen LogP contribution in [0.4, 0.5) is 0 Å². The van der Waals surface area contributed by atoms with E-state index in [9.17, 15) is 0 Å². The van der Waals surface area contributed by atoms with Gasteiger partial charge in [0, 0.05) is 41.7 Å². The van der Waals surface area contributed by atoms with Gasteiger partial charge in [-0.1, -0.05) is 115 Å². The van der Waals surface area contributed by atoms with Crippen molar-refractivity contribution in [2.75, 3.05) is 0 Å². The van der Waals surface area contributed by atoms with Gasteiger partial charge in [-0.2, -0.15) is 0 Å². The Bertz CT molecular complexity index is 3460. The average Bonchev–Trinajstić information content (AvgIpc) is 3.90. The molecule has 0 unspecified atom stereocenters. The van der Waals surface area contributed by atoms with E-state index in [4.69, 9.17) is 9.97 Å². The minimum atomic E-state index is 0.830. The maximum atomic E-state index is 5.41. The molecule has 0 radical (unpaired) electrons. The Hall–Kier alpha value is -6.82. The first kappa shape index (κ1) is 28.8. The highest BCUT2D eigenvalue weighted by Crippen LogP contribution is 2.43. The summed E-state index contributed by atoms with van der Waals surface area (Å²) in [7, 11) is 0. The zero-order valence-corrected chi connectivity index (χ0v) is 29.2. The standard InChI is InChI=1S/C48H28N4S/c1-2-14-35-32(11-1)37(30-23-21-29(22-24-30)31-25-26-45-38(27-31)34-13-5-10-20-44(34)53-45)28-39-33-12-4-8-18-42(33)51(46(35)39)48-50-40-16-6-3-15-36(40)47-49-41-17-7-9-19-43(41)52(47)48/h1-28H. The summed E-state index contributed by atoms with van der Waals surface area (Å²) < 4.78 is 7.25. The number of aromatic nitrogens is 4. The second-order valence-corrected chi connectivity index (χ2v) is 14.9. The fraction of sp³-hybridized carbons (Fsp3) is 0. The molecular weight excluding hydrogens is 665 g/mol. The quantitative estimate of drug-likeness (QED) is 0.185. The molecule has 0 saturated carbocycles. The molecule has 0 aliphatic heterocycles. The van der Waals surface area contributed by atoms with Crippen LogP contribution in [0, 0.1) is 0 Å². The lowest BCUT2D eigenvalue weighted by Crippen LogP contribution is -2.06. The van der Waals surface area contributed by atoms with E-state index < -0.39 is 0 Å². The lowest BCUT2D eigenvalue weighted by molar-refractivity contribution is 0.982. The van der Waals surface area contributed by atoms with Crippen LogP contribution in [0.3, 0.4) is 0 Å². The number of benzene rings is 8. The van der Waals surface area contributed by atoms with Crippen LogP contribution in [-0.2, 0) is 0 Å². The number of para-hydroxylation sites is 4. The van der Waals surface area contributed by atoms with Gasteiger partial charge in [-0.05, 0) is 82.2 Å². The van der Waals surface area contributed by atoms with Crippen LogP contribution in [0.5, 0.6) is 0 Å². The van der Waals surface area contributed by atoms with Gasteiger partial charge in [-0.15, -0.1) is 11.3 Å². The van der Waals surface area contributed by atoms with Gasteiger partial charge in [0.1, 0.15) is 5.65 Å². The molecule has 0 fully saturated rings. The maximum Gasteiger partial charge on any atom is 0.221 e. The van der Waals surface area contributed by atoms with Gasteiger partial charge in [0.05, 0.1) is 27.6 Å². The van der Waals surface area contributed by atoms with E-state index in [1.54, 1.807) is 0 Å². The molecule has 4 aromatic heterocycles. The molecule has 0 spiro atoms. The topological polar surface area (TPSA) is 35.1 Å². The summed E-state index contributed by atoms with van der Waals surface area (Å²) in [6.45, 7) is 0. The Kier molecular flexibility index (Phi) is 5.90. The van der Waals surface area contributed by atoms with E-state index >= 15 is 0 Å². The minimum absolute atomic E-state index is 0.830. The van der Waals surface area contributed by atoms with Crippen molar-refractivity contribution in [2.45, 2.75) is 0 Å². The van der Waals surface area contributed by atoms with Crippen molar-refractivity contribution in [1.82, 2.24) is 18.9 Å². The van der Waals surface area contributed by atoms with Crippen molar-refractivity contribution in [3.05, 3.63) is 170 Å². The fourth-order valence-corrected chi connectivity index (χ4v) is 9.58. The van der Waals surface area contributed by atoms with E-state index in [1.807, 2.05) is 11.3 Å². The van der Waals surface area contributed by atoms with Gasteiger partial charge in [0.15, 0.2) is 0 Å². The predicted molar refractivity (Wildman–Crippen MR) is 224 cm³/mol. The Morgan fingerprint density at radius 2 is 1.02 bits per heavy atom. The average molecular weight is 693 g/mol. The lowest BCUT2D eigenvalue weighted by Gasteiger charge is -2.15. The molecule has 0 N–H and O–H groups in total. The molecule has 0 amide bonds. The first-order valence-electron chi connectivity index (χ1n) is 17.9. The number of fused-ring (bicyclic) bond motifs is 13. The molecule has 53 heavy (non-hydrogen) atoms. The molecule has 0 atom stereocenters. The summed E-state index contributed by atoms with van der Waals surface area (Å²) >= 11 is 1.86. The van der Waals surface area contributed by atoms with Crippen molar-refractivity contribution in [3.8, 4) is 28.2 Å². The predicted octanol–water partition coefficient (Wildman–Crippen LogP) is 13.0. The first-order valence-corrected chi connectivity index (χ1v) is 18.7. The Morgan fingerprint density at radius 1 is 0.396 bits per heavy atom. The van der Waals surface area contributed by atoms with Crippen LogP contribution in [0.25, 0.3) is 109 Å². The van der Waals surface area contributed by atoms with E-state index in [0.717, 1.165) is 44.6 Å². The van der Waals surface area contributed by atoms with Crippen molar-refractivity contribution in [1.29, 1.82) is 0 Å². The molecule has 12 aromatic rings. The van der Waals surface area contributed by atoms with Crippen LogP contribution in [-0.4, -0.2) is 18.9 Å². The molecule has 5 heteroatoms. The third-order valence-electron chi connectivity index (χ3n) is 10.9. The summed E-state index contributed by atoms with van der Waals surface area (Å²) in [6.07, 6.45) is 0. The second-order valence-electron chi connectivity index (χ2n) is 13.8. The molecular formula is C48H28N4S. The molecule has 0 bridgehead atoms. The number of hydrogen-bond donors (Lipinski definition) is 0. The minimum Gasteiger partial charge on any atom is -0.278 e. The number of thiophene rings is 1. The van der Waals surface area contributed by atoms with Gasteiger partial charge in [-0.25, -0.2) is 9.97 Å². The lowest BCUT2D eigenvalue weighted by atomic mass is 9.93. The van der Waals surface area contributed by atoms with Gasteiger partial charge in [-0.3, -0.25) is 8.97 Å². The van der Waals surface area contributed by atoms with Crippen LogP contribution < -0.4 is 0 Å². The molecule has 8 aromatic carbocycles. The van der Waals surface area contributed by atoms with Crippen LogP contribution in [0.1, 0.15) is 0 Å². The van der Waals surface area contributed by atoms with E-state index in [2.05, 4.69) is 179 Å². The molecule has 246 valence electrons.